The highest BCUT2D eigenvalue weighted by Gasteiger charge is 2.29. The first kappa shape index (κ1) is 30.0. The number of hydrogen-bond donors (Lipinski definition) is 0. The number of amides is 1. The minimum absolute atomic E-state index is 0. The third-order valence-electron chi connectivity index (χ3n) is 6.71. The van der Waals surface area contributed by atoms with E-state index in [-0.39, 0.29) is 23.2 Å². The van der Waals surface area contributed by atoms with Crippen molar-refractivity contribution in [1.82, 2.24) is 14.2 Å². The van der Waals surface area contributed by atoms with E-state index in [4.69, 9.17) is 4.98 Å². The van der Waals surface area contributed by atoms with Crippen LogP contribution in [0.5, 0.6) is 0 Å². The van der Waals surface area contributed by atoms with Crippen molar-refractivity contribution in [1.29, 1.82) is 0 Å². The van der Waals surface area contributed by atoms with Gasteiger partial charge in [0, 0.05) is 36.2 Å². The van der Waals surface area contributed by atoms with Crippen molar-refractivity contribution in [2.45, 2.75) is 38.5 Å². The van der Waals surface area contributed by atoms with Gasteiger partial charge in [0.1, 0.15) is 0 Å². The molecule has 1 aliphatic heterocycles. The zero-order valence-corrected chi connectivity index (χ0v) is 25.4. The van der Waals surface area contributed by atoms with E-state index in [1.54, 1.807) is 33.5 Å². The Balaban J connectivity index is 0.00000380. The number of nitrogens with zero attached hydrogens (tertiary/aromatic N) is 4. The Morgan fingerprint density at radius 1 is 1.14 bits per heavy atom. The first-order valence-electron chi connectivity index (χ1n) is 12.4. The lowest BCUT2D eigenvalue weighted by Gasteiger charge is -2.30. The predicted octanol–water partition coefficient (Wildman–Crippen LogP) is 5.89. The topological polar surface area (TPSA) is 73.8 Å². The largest absolute Gasteiger partial charge is 0.302 e. The average molecular weight is 630 g/mol. The maximum absolute atomic E-state index is 13.7. The molecule has 3 aromatic rings. The summed E-state index contributed by atoms with van der Waals surface area (Å²) in [6.07, 6.45) is 1.92. The zero-order valence-electron chi connectivity index (χ0n) is 21.4. The van der Waals surface area contributed by atoms with Gasteiger partial charge in [0.25, 0.3) is 5.91 Å². The van der Waals surface area contributed by atoms with Crippen LogP contribution >= 0.6 is 39.7 Å². The van der Waals surface area contributed by atoms with E-state index in [2.05, 4.69) is 41.6 Å². The maximum atomic E-state index is 13.7. The number of likely N-dealkylation sites (N-methyl/N-ethyl adjacent to an activating group) is 1. The van der Waals surface area contributed by atoms with Crippen molar-refractivity contribution in [3.63, 3.8) is 0 Å². The molecular weight excluding hydrogens is 596 g/mol. The van der Waals surface area contributed by atoms with Crippen LogP contribution in [0.1, 0.15) is 44.0 Å². The van der Waals surface area contributed by atoms with Crippen LogP contribution in [0.25, 0.3) is 10.2 Å². The summed E-state index contributed by atoms with van der Waals surface area (Å²) in [4.78, 5) is 22.6. The Morgan fingerprint density at radius 2 is 1.84 bits per heavy atom. The van der Waals surface area contributed by atoms with E-state index in [1.807, 2.05) is 18.2 Å². The van der Waals surface area contributed by atoms with Gasteiger partial charge in [-0.1, -0.05) is 48.0 Å². The van der Waals surface area contributed by atoms with Gasteiger partial charge in [0.05, 0.1) is 15.1 Å². The second-order valence-electron chi connectivity index (χ2n) is 9.23. The lowest BCUT2D eigenvalue weighted by Crippen LogP contribution is -2.39. The van der Waals surface area contributed by atoms with E-state index < -0.39 is 10.0 Å². The fraction of sp³-hybridized carbons (Fsp3) is 0.462. The molecule has 1 atom stereocenters. The SMILES string of the molecule is CCN(CC)CCN(C(=O)c1ccc(S(=O)(=O)N2CCCC(C)C2)cc1)c1nc2ccc(Br)cc2s1.Cl. The van der Waals surface area contributed by atoms with Gasteiger partial charge in [-0.05, 0) is 74.3 Å². The normalized spacial score (nSPS) is 16.6. The van der Waals surface area contributed by atoms with Gasteiger partial charge < -0.3 is 4.90 Å². The summed E-state index contributed by atoms with van der Waals surface area (Å²) >= 11 is 4.99. The molecule has 4 rings (SSSR count). The number of carbonyl (C=O) groups excluding carboxylic acids is 1. The summed E-state index contributed by atoms with van der Waals surface area (Å²) in [6.45, 7) is 10.4. The summed E-state index contributed by atoms with van der Waals surface area (Å²) < 4.78 is 29.8. The van der Waals surface area contributed by atoms with Crippen LogP contribution in [0, 0.1) is 5.92 Å². The number of rotatable bonds is 9. The number of anilines is 1. The minimum Gasteiger partial charge on any atom is -0.302 e. The molecule has 37 heavy (non-hydrogen) atoms. The molecule has 1 saturated heterocycles. The number of hydrogen-bond acceptors (Lipinski definition) is 6. The van der Waals surface area contributed by atoms with Crippen LogP contribution in [0.2, 0.25) is 0 Å². The Labute approximate surface area is 238 Å². The highest BCUT2D eigenvalue weighted by Crippen LogP contribution is 2.32. The van der Waals surface area contributed by atoms with E-state index in [1.165, 1.54) is 11.3 Å². The average Bonchev–Trinajstić information content (AvgIpc) is 3.29. The van der Waals surface area contributed by atoms with Gasteiger partial charge in [-0.3, -0.25) is 9.69 Å². The quantitative estimate of drug-likeness (QED) is 0.295. The molecule has 1 fully saturated rings. The second kappa shape index (κ2) is 13.0. The molecule has 1 unspecified atom stereocenters. The summed E-state index contributed by atoms with van der Waals surface area (Å²) in [6, 6.07) is 12.2. The first-order chi connectivity index (χ1) is 17.2. The van der Waals surface area contributed by atoms with Crippen LogP contribution in [0.15, 0.2) is 51.8 Å². The molecule has 1 aromatic heterocycles. The Morgan fingerprint density at radius 3 is 2.49 bits per heavy atom. The molecule has 11 heteroatoms. The standard InChI is InChI=1S/C26H33BrN4O3S2.ClH/c1-4-29(5-2)15-16-31(26-28-23-13-10-21(27)17-24(23)35-26)25(32)20-8-11-22(12-9-20)36(33,34)30-14-6-7-19(3)18-30;/h8-13,17,19H,4-7,14-16,18H2,1-3H3;1H. The summed E-state index contributed by atoms with van der Waals surface area (Å²) in [5, 5.41) is 0.638. The van der Waals surface area contributed by atoms with Crippen molar-refractivity contribution in [2.75, 3.05) is 44.2 Å². The van der Waals surface area contributed by atoms with Crippen molar-refractivity contribution in [2.24, 2.45) is 5.92 Å². The number of carbonyl (C=O) groups is 1. The van der Waals surface area contributed by atoms with Gasteiger partial charge in [-0.15, -0.1) is 12.4 Å². The number of thiazole rings is 1. The zero-order chi connectivity index (χ0) is 25.9. The van der Waals surface area contributed by atoms with E-state index in [0.29, 0.717) is 36.2 Å². The molecule has 0 aliphatic carbocycles. The van der Waals surface area contributed by atoms with Crippen LogP contribution < -0.4 is 4.90 Å². The Kier molecular flexibility index (Phi) is 10.5. The summed E-state index contributed by atoms with van der Waals surface area (Å²) in [5.74, 6) is 0.166. The van der Waals surface area contributed by atoms with Gasteiger partial charge in [-0.25, -0.2) is 13.4 Å². The van der Waals surface area contributed by atoms with Crippen LogP contribution in [-0.2, 0) is 10.0 Å². The molecule has 0 saturated carbocycles. The molecule has 0 spiro atoms. The van der Waals surface area contributed by atoms with E-state index in [0.717, 1.165) is 47.2 Å². The second-order valence-corrected chi connectivity index (χ2v) is 13.1. The smallest absolute Gasteiger partial charge is 0.260 e. The number of sulfonamides is 1. The molecule has 2 heterocycles. The molecular formula is C26H34BrClN4O3S2. The fourth-order valence-electron chi connectivity index (χ4n) is 4.51. The van der Waals surface area contributed by atoms with Gasteiger partial charge in [0.2, 0.25) is 10.0 Å². The lowest BCUT2D eigenvalue weighted by atomic mass is 10.0. The number of fused-ring (bicyclic) bond motifs is 1. The number of aromatic nitrogens is 1. The lowest BCUT2D eigenvalue weighted by molar-refractivity contribution is 0.0983. The molecule has 1 aliphatic rings. The summed E-state index contributed by atoms with van der Waals surface area (Å²) in [7, 11) is -3.57. The Bertz CT molecular complexity index is 1310. The maximum Gasteiger partial charge on any atom is 0.260 e. The van der Waals surface area contributed by atoms with Crippen LogP contribution in [-0.4, -0.2) is 67.8 Å². The molecule has 202 valence electrons. The fourth-order valence-corrected chi connectivity index (χ4v) is 7.65. The minimum atomic E-state index is -3.57. The van der Waals surface area contributed by atoms with Gasteiger partial charge >= 0.3 is 0 Å². The molecule has 1 amide bonds. The van der Waals surface area contributed by atoms with Crippen LogP contribution in [0.4, 0.5) is 5.13 Å². The number of benzene rings is 2. The Hall–Kier alpha value is -1.56. The van der Waals surface area contributed by atoms with Crippen LogP contribution in [0.3, 0.4) is 0 Å². The van der Waals surface area contributed by atoms with Crippen molar-refractivity contribution < 1.29 is 13.2 Å². The predicted molar refractivity (Wildman–Crippen MR) is 158 cm³/mol. The number of halogens is 2. The van der Waals surface area contributed by atoms with Gasteiger partial charge in [0.15, 0.2) is 5.13 Å². The third-order valence-corrected chi connectivity index (χ3v) is 10.1. The molecule has 0 bridgehead atoms. The van der Waals surface area contributed by atoms with Crippen molar-refractivity contribution in [3.05, 3.63) is 52.5 Å². The van der Waals surface area contributed by atoms with E-state index >= 15 is 0 Å². The third kappa shape index (κ3) is 6.91. The molecule has 2 aromatic carbocycles. The van der Waals surface area contributed by atoms with Crippen molar-refractivity contribution in [3.8, 4) is 0 Å². The highest BCUT2D eigenvalue weighted by molar-refractivity contribution is 9.10. The first-order valence-corrected chi connectivity index (χ1v) is 15.5. The van der Waals surface area contributed by atoms with E-state index in [9.17, 15) is 13.2 Å². The highest BCUT2D eigenvalue weighted by atomic mass is 79.9. The van der Waals surface area contributed by atoms with Crippen molar-refractivity contribution >= 4 is 71.0 Å². The molecule has 7 nitrogen and oxygen atoms in total. The van der Waals surface area contributed by atoms with Gasteiger partial charge in [-0.2, -0.15) is 4.31 Å². The number of piperidine rings is 1. The summed E-state index contributed by atoms with van der Waals surface area (Å²) in [5.41, 5.74) is 1.29. The molecule has 0 N–H and O–H groups in total. The molecule has 0 radical (unpaired) electrons. The monoisotopic (exact) mass is 628 g/mol.